The third kappa shape index (κ3) is 5.63. The van der Waals surface area contributed by atoms with E-state index >= 15 is 0 Å². The standard InChI is InChI=1S/C29H37N5O4/c35-29(36)22-9-10-24-25(17-22)34(18-23-11-16-37-23)27(30-24)19-32-12-14-33(15-13-32)26-7-4-8-28(31-26)38-20-21-5-2-1-3-6-21/h4,7-10,17,21,23H,1-3,5-6,11-16,18-20H2,(H,35,36)/t23-/m0/s1. The fraction of sp³-hybridized carbons (Fsp3) is 0.552. The van der Waals surface area contributed by atoms with Crippen LogP contribution in [0.4, 0.5) is 5.82 Å². The quantitative estimate of drug-likeness (QED) is 0.450. The number of fused-ring (bicyclic) bond motifs is 1. The van der Waals surface area contributed by atoms with E-state index < -0.39 is 5.97 Å². The minimum absolute atomic E-state index is 0.162. The molecular formula is C29H37N5O4. The smallest absolute Gasteiger partial charge is 0.335 e. The number of anilines is 1. The Morgan fingerprint density at radius 2 is 1.84 bits per heavy atom. The van der Waals surface area contributed by atoms with Gasteiger partial charge in [0, 0.05) is 38.9 Å². The van der Waals surface area contributed by atoms with Crippen LogP contribution in [0.25, 0.3) is 11.0 Å². The Balaban J connectivity index is 1.10. The van der Waals surface area contributed by atoms with E-state index in [0.717, 1.165) is 80.9 Å². The van der Waals surface area contributed by atoms with Crippen molar-refractivity contribution in [2.24, 2.45) is 5.92 Å². The molecule has 4 heterocycles. The molecule has 9 nitrogen and oxygen atoms in total. The lowest BCUT2D eigenvalue weighted by Gasteiger charge is -2.35. The van der Waals surface area contributed by atoms with Crippen LogP contribution in [0.1, 0.15) is 54.7 Å². The van der Waals surface area contributed by atoms with Crippen LogP contribution in [0.2, 0.25) is 0 Å². The van der Waals surface area contributed by atoms with Crippen LogP contribution >= 0.6 is 0 Å². The summed E-state index contributed by atoms with van der Waals surface area (Å²) in [6.07, 6.45) is 7.71. The van der Waals surface area contributed by atoms with E-state index in [4.69, 9.17) is 19.4 Å². The van der Waals surface area contributed by atoms with Crippen LogP contribution in [-0.2, 0) is 17.8 Å². The summed E-state index contributed by atoms with van der Waals surface area (Å²) in [5.74, 6) is 2.40. The predicted octanol–water partition coefficient (Wildman–Crippen LogP) is 4.20. The highest BCUT2D eigenvalue weighted by Crippen LogP contribution is 2.26. The van der Waals surface area contributed by atoms with E-state index in [9.17, 15) is 9.90 Å². The van der Waals surface area contributed by atoms with Crippen molar-refractivity contribution in [3.05, 3.63) is 47.8 Å². The minimum Gasteiger partial charge on any atom is -0.478 e. The number of piperazine rings is 1. The lowest BCUT2D eigenvalue weighted by Crippen LogP contribution is -2.46. The van der Waals surface area contributed by atoms with Gasteiger partial charge >= 0.3 is 5.97 Å². The molecule has 6 rings (SSSR count). The number of carboxylic acid groups (broad SMARTS) is 1. The van der Waals surface area contributed by atoms with Crippen LogP contribution in [0, 0.1) is 5.92 Å². The first-order valence-electron chi connectivity index (χ1n) is 14.0. The Morgan fingerprint density at radius 1 is 1.03 bits per heavy atom. The average Bonchev–Trinajstić information content (AvgIpc) is 3.26. The summed E-state index contributed by atoms with van der Waals surface area (Å²) in [4.78, 5) is 26.0. The monoisotopic (exact) mass is 519 g/mol. The Morgan fingerprint density at radius 3 is 2.58 bits per heavy atom. The fourth-order valence-electron chi connectivity index (χ4n) is 5.81. The van der Waals surface area contributed by atoms with Crippen molar-refractivity contribution in [2.45, 2.75) is 57.7 Å². The molecule has 1 atom stereocenters. The van der Waals surface area contributed by atoms with Crippen LogP contribution in [0.3, 0.4) is 0 Å². The van der Waals surface area contributed by atoms with Crippen molar-refractivity contribution < 1.29 is 19.4 Å². The van der Waals surface area contributed by atoms with E-state index in [1.54, 1.807) is 12.1 Å². The van der Waals surface area contributed by atoms with Crippen molar-refractivity contribution >= 4 is 22.8 Å². The Labute approximate surface area is 223 Å². The Hall–Kier alpha value is -3.17. The van der Waals surface area contributed by atoms with Crippen LogP contribution < -0.4 is 9.64 Å². The number of aromatic nitrogens is 3. The van der Waals surface area contributed by atoms with Gasteiger partial charge in [0.25, 0.3) is 0 Å². The lowest BCUT2D eigenvalue weighted by molar-refractivity contribution is -0.0592. The Bertz CT molecular complexity index is 1260. The van der Waals surface area contributed by atoms with Gasteiger partial charge in [-0.25, -0.2) is 9.78 Å². The number of hydrogen-bond acceptors (Lipinski definition) is 7. The summed E-state index contributed by atoms with van der Waals surface area (Å²) in [6, 6.07) is 11.3. The molecule has 3 aliphatic rings. The number of pyridine rings is 1. The van der Waals surface area contributed by atoms with Gasteiger partial charge in [-0.2, -0.15) is 4.98 Å². The fourth-order valence-corrected chi connectivity index (χ4v) is 5.81. The van der Waals surface area contributed by atoms with Gasteiger partial charge in [0.15, 0.2) is 0 Å². The maximum absolute atomic E-state index is 11.6. The molecule has 9 heteroatoms. The molecule has 2 saturated heterocycles. The van der Waals surface area contributed by atoms with Gasteiger partial charge in [-0.05, 0) is 49.4 Å². The number of carboxylic acids is 1. The van der Waals surface area contributed by atoms with E-state index in [2.05, 4.69) is 20.4 Å². The van der Waals surface area contributed by atoms with Gasteiger partial charge in [-0.1, -0.05) is 25.3 Å². The molecular weight excluding hydrogens is 482 g/mol. The first-order chi connectivity index (χ1) is 18.6. The molecule has 202 valence electrons. The van der Waals surface area contributed by atoms with Gasteiger partial charge in [0.05, 0.1) is 42.4 Å². The highest BCUT2D eigenvalue weighted by atomic mass is 16.5. The number of imidazole rings is 1. The van der Waals surface area contributed by atoms with Crippen molar-refractivity contribution in [3.8, 4) is 5.88 Å². The zero-order valence-electron chi connectivity index (χ0n) is 21.9. The molecule has 3 aromatic rings. The first-order valence-corrected chi connectivity index (χ1v) is 14.0. The van der Waals surface area contributed by atoms with E-state index in [0.29, 0.717) is 12.5 Å². The molecule has 1 saturated carbocycles. The second kappa shape index (κ2) is 11.3. The SMILES string of the molecule is O=C(O)c1ccc2nc(CN3CCN(c4cccc(OCC5CCCCC5)n4)CC3)n(C[C@@H]3CCO3)c2c1. The minimum atomic E-state index is -0.922. The summed E-state index contributed by atoms with van der Waals surface area (Å²) in [6.45, 7) is 6.54. The summed E-state index contributed by atoms with van der Waals surface area (Å²) in [5.41, 5.74) is 1.98. The van der Waals surface area contributed by atoms with Crippen LogP contribution in [0.5, 0.6) is 5.88 Å². The number of rotatable bonds is 9. The number of carbonyl (C=O) groups is 1. The number of benzene rings is 1. The van der Waals surface area contributed by atoms with Gasteiger partial charge in [0.1, 0.15) is 11.6 Å². The van der Waals surface area contributed by atoms with Gasteiger partial charge in [-0.3, -0.25) is 4.90 Å². The molecule has 1 aliphatic carbocycles. The van der Waals surface area contributed by atoms with Crippen molar-refractivity contribution in [1.82, 2.24) is 19.4 Å². The van der Waals surface area contributed by atoms with Crippen LogP contribution in [0.15, 0.2) is 36.4 Å². The summed E-state index contributed by atoms with van der Waals surface area (Å²) in [7, 11) is 0. The molecule has 1 N–H and O–H groups in total. The number of ether oxygens (including phenoxy) is 2. The van der Waals surface area contributed by atoms with Gasteiger partial charge < -0.3 is 24.0 Å². The number of hydrogen-bond donors (Lipinski definition) is 1. The molecule has 38 heavy (non-hydrogen) atoms. The predicted molar refractivity (Wildman–Crippen MR) is 145 cm³/mol. The second-order valence-corrected chi connectivity index (χ2v) is 10.8. The van der Waals surface area contributed by atoms with E-state index in [1.807, 2.05) is 18.2 Å². The normalized spacial score (nSPS) is 20.9. The highest BCUT2D eigenvalue weighted by Gasteiger charge is 2.25. The number of aromatic carboxylic acids is 1. The molecule has 3 fully saturated rings. The van der Waals surface area contributed by atoms with Crippen molar-refractivity contribution in [3.63, 3.8) is 0 Å². The van der Waals surface area contributed by atoms with Gasteiger partial charge in [-0.15, -0.1) is 0 Å². The van der Waals surface area contributed by atoms with E-state index in [-0.39, 0.29) is 11.7 Å². The topological polar surface area (TPSA) is 93.0 Å². The molecule has 0 amide bonds. The molecule has 0 spiro atoms. The third-order valence-electron chi connectivity index (χ3n) is 8.22. The van der Waals surface area contributed by atoms with Crippen LogP contribution in [-0.4, -0.2) is 76.0 Å². The zero-order valence-corrected chi connectivity index (χ0v) is 21.9. The summed E-state index contributed by atoms with van der Waals surface area (Å²) >= 11 is 0. The first kappa shape index (κ1) is 25.1. The molecule has 0 unspecified atom stereocenters. The van der Waals surface area contributed by atoms with E-state index in [1.165, 1.54) is 32.1 Å². The second-order valence-electron chi connectivity index (χ2n) is 10.8. The molecule has 1 aromatic carbocycles. The maximum atomic E-state index is 11.6. The largest absolute Gasteiger partial charge is 0.478 e. The number of nitrogens with zero attached hydrogens (tertiary/aromatic N) is 5. The Kier molecular flexibility index (Phi) is 7.47. The van der Waals surface area contributed by atoms with Gasteiger partial charge in [0.2, 0.25) is 5.88 Å². The molecule has 0 bridgehead atoms. The van der Waals surface area contributed by atoms with Crippen molar-refractivity contribution in [2.75, 3.05) is 44.3 Å². The molecule has 2 aromatic heterocycles. The zero-order chi connectivity index (χ0) is 25.9. The maximum Gasteiger partial charge on any atom is 0.335 e. The highest BCUT2D eigenvalue weighted by molar-refractivity contribution is 5.92. The third-order valence-corrected chi connectivity index (χ3v) is 8.22. The summed E-state index contributed by atoms with van der Waals surface area (Å²) in [5, 5.41) is 9.49. The molecule has 2 aliphatic heterocycles. The average molecular weight is 520 g/mol. The lowest BCUT2D eigenvalue weighted by atomic mass is 9.90. The summed E-state index contributed by atoms with van der Waals surface area (Å²) < 4.78 is 13.9. The van der Waals surface area contributed by atoms with Crippen molar-refractivity contribution in [1.29, 1.82) is 0 Å². The molecule has 0 radical (unpaired) electrons.